The van der Waals surface area contributed by atoms with Gasteiger partial charge in [0.2, 0.25) is 5.91 Å². The van der Waals surface area contributed by atoms with Crippen molar-refractivity contribution in [3.05, 3.63) is 46.3 Å². The first kappa shape index (κ1) is 19.4. The van der Waals surface area contributed by atoms with Crippen LogP contribution in [0, 0.1) is 0 Å². The quantitative estimate of drug-likeness (QED) is 0.200. The molecule has 3 N–H and O–H groups in total. The molecule has 0 aliphatic heterocycles. The van der Waals surface area contributed by atoms with E-state index in [9.17, 15) is 9.59 Å². The van der Waals surface area contributed by atoms with Gasteiger partial charge in [-0.05, 0) is 17.5 Å². The highest BCUT2D eigenvalue weighted by molar-refractivity contribution is 5.85. The van der Waals surface area contributed by atoms with Gasteiger partial charge in [-0.1, -0.05) is 35.4 Å². The van der Waals surface area contributed by atoms with Crippen molar-refractivity contribution in [2.45, 2.75) is 12.5 Å². The molecule has 9 nitrogen and oxygen atoms in total. The van der Waals surface area contributed by atoms with Crippen molar-refractivity contribution in [1.29, 1.82) is 0 Å². The zero-order valence-electron chi connectivity index (χ0n) is 13.3. The SMILES string of the molecule is [N-]=[N+]=NCCOCCOC(=O)CNC(=O)[C@@H](N)Cc1ccccc1. The number of carbonyl (C=O) groups is 2. The van der Waals surface area contributed by atoms with Crippen LogP contribution in [0.1, 0.15) is 5.56 Å². The molecule has 1 rings (SSSR count). The summed E-state index contributed by atoms with van der Waals surface area (Å²) in [4.78, 5) is 25.9. The number of hydrogen-bond donors (Lipinski definition) is 2. The molecule has 0 bridgehead atoms. The smallest absolute Gasteiger partial charge is 0.325 e. The fraction of sp³-hybridized carbons (Fsp3) is 0.467. The van der Waals surface area contributed by atoms with Gasteiger partial charge in [0.15, 0.2) is 0 Å². The first-order chi connectivity index (χ1) is 11.6. The van der Waals surface area contributed by atoms with Crippen LogP contribution in [0.4, 0.5) is 0 Å². The summed E-state index contributed by atoms with van der Waals surface area (Å²) in [5, 5.41) is 5.73. The van der Waals surface area contributed by atoms with Crippen LogP contribution in [-0.2, 0) is 25.5 Å². The molecule has 9 heteroatoms. The van der Waals surface area contributed by atoms with Gasteiger partial charge in [0.05, 0.1) is 19.3 Å². The summed E-state index contributed by atoms with van der Waals surface area (Å²) in [5.74, 6) is -0.990. The Morgan fingerprint density at radius 3 is 2.71 bits per heavy atom. The number of nitrogens with zero attached hydrogens (tertiary/aromatic N) is 3. The van der Waals surface area contributed by atoms with Crippen molar-refractivity contribution in [2.75, 3.05) is 32.9 Å². The van der Waals surface area contributed by atoms with Crippen LogP contribution < -0.4 is 11.1 Å². The van der Waals surface area contributed by atoms with Gasteiger partial charge in [0.1, 0.15) is 13.2 Å². The van der Waals surface area contributed by atoms with E-state index in [1.54, 1.807) is 0 Å². The van der Waals surface area contributed by atoms with E-state index >= 15 is 0 Å². The number of ether oxygens (including phenoxy) is 2. The minimum absolute atomic E-state index is 0.0566. The van der Waals surface area contributed by atoms with Crippen LogP contribution >= 0.6 is 0 Å². The first-order valence-corrected chi connectivity index (χ1v) is 7.45. The molecular formula is C15H21N5O4. The Morgan fingerprint density at radius 1 is 1.25 bits per heavy atom. The second kappa shape index (κ2) is 11.9. The third-order valence-electron chi connectivity index (χ3n) is 2.93. The average molecular weight is 335 g/mol. The molecule has 0 unspecified atom stereocenters. The lowest BCUT2D eigenvalue weighted by Crippen LogP contribution is -2.44. The van der Waals surface area contributed by atoms with Gasteiger partial charge in [-0.25, -0.2) is 0 Å². The third kappa shape index (κ3) is 8.74. The summed E-state index contributed by atoms with van der Waals surface area (Å²) in [6, 6.07) is 8.64. The molecule has 0 aliphatic carbocycles. The van der Waals surface area contributed by atoms with Crippen molar-refractivity contribution >= 4 is 11.9 Å². The molecule has 130 valence electrons. The Kier molecular flexibility index (Phi) is 9.63. The minimum atomic E-state index is -0.732. The van der Waals surface area contributed by atoms with E-state index in [0.717, 1.165) is 5.56 Å². The van der Waals surface area contributed by atoms with E-state index in [0.29, 0.717) is 6.42 Å². The largest absolute Gasteiger partial charge is 0.462 e. The Hall–Kier alpha value is -2.61. The van der Waals surface area contributed by atoms with Gasteiger partial charge in [-0.2, -0.15) is 0 Å². The molecule has 24 heavy (non-hydrogen) atoms. The van der Waals surface area contributed by atoms with Crippen LogP contribution in [-0.4, -0.2) is 50.8 Å². The number of hydrogen-bond acceptors (Lipinski definition) is 6. The minimum Gasteiger partial charge on any atom is -0.462 e. The van der Waals surface area contributed by atoms with Crippen LogP contribution in [0.3, 0.4) is 0 Å². The molecule has 0 saturated carbocycles. The number of benzene rings is 1. The monoisotopic (exact) mass is 335 g/mol. The standard InChI is InChI=1S/C15H21N5O4/c16-13(10-12-4-2-1-3-5-12)15(22)18-11-14(21)24-9-8-23-7-6-19-20-17/h1-5,13H,6-11,16H2,(H,18,22)/t13-/m0/s1. The van der Waals surface area contributed by atoms with Gasteiger partial charge < -0.3 is 20.5 Å². The number of carbonyl (C=O) groups excluding carboxylic acids is 2. The Morgan fingerprint density at radius 2 is 2.00 bits per heavy atom. The Labute approximate surface area is 139 Å². The molecule has 0 fully saturated rings. The first-order valence-electron chi connectivity index (χ1n) is 7.45. The zero-order chi connectivity index (χ0) is 17.6. The molecule has 1 amide bonds. The predicted octanol–water partition coefficient (Wildman–Crippen LogP) is 0.543. The third-order valence-corrected chi connectivity index (χ3v) is 2.93. The highest BCUT2D eigenvalue weighted by atomic mass is 16.6. The van der Waals surface area contributed by atoms with E-state index in [-0.39, 0.29) is 32.9 Å². The van der Waals surface area contributed by atoms with Crippen molar-refractivity contribution in [1.82, 2.24) is 5.32 Å². The summed E-state index contributed by atoms with van der Waals surface area (Å²) >= 11 is 0. The number of amides is 1. The topological polar surface area (TPSA) is 139 Å². The molecule has 1 aromatic carbocycles. The number of nitrogens with one attached hydrogen (secondary N) is 1. The molecule has 0 radical (unpaired) electrons. The number of esters is 1. The number of rotatable bonds is 11. The lowest BCUT2D eigenvalue weighted by molar-refractivity contribution is -0.145. The molecule has 0 saturated heterocycles. The highest BCUT2D eigenvalue weighted by Gasteiger charge is 2.15. The van der Waals surface area contributed by atoms with E-state index in [1.165, 1.54) is 0 Å². The second-order valence-corrected chi connectivity index (χ2v) is 4.80. The summed E-state index contributed by atoms with van der Waals surface area (Å²) < 4.78 is 9.94. The Bertz CT molecular complexity index is 560. The van der Waals surface area contributed by atoms with Gasteiger partial charge in [0, 0.05) is 11.5 Å². The van der Waals surface area contributed by atoms with Crippen molar-refractivity contribution in [2.24, 2.45) is 10.8 Å². The molecular weight excluding hydrogens is 314 g/mol. The molecule has 1 aromatic rings. The maximum absolute atomic E-state index is 11.8. The van der Waals surface area contributed by atoms with Gasteiger partial charge in [0.25, 0.3) is 0 Å². The fourth-order valence-electron chi connectivity index (χ4n) is 1.77. The number of nitrogens with two attached hydrogens (primary N) is 1. The molecule has 0 spiro atoms. The molecule has 1 atom stereocenters. The van der Waals surface area contributed by atoms with Crippen LogP contribution in [0.2, 0.25) is 0 Å². The normalized spacial score (nSPS) is 11.2. The predicted molar refractivity (Wildman–Crippen MR) is 86.9 cm³/mol. The molecule has 0 aliphatic rings. The van der Waals surface area contributed by atoms with Gasteiger partial charge in [-0.15, -0.1) is 0 Å². The van der Waals surface area contributed by atoms with Crippen LogP contribution in [0.5, 0.6) is 0 Å². The summed E-state index contributed by atoms with van der Waals surface area (Å²) in [7, 11) is 0. The van der Waals surface area contributed by atoms with E-state index in [4.69, 9.17) is 20.7 Å². The van der Waals surface area contributed by atoms with Gasteiger partial charge >= 0.3 is 5.97 Å². The van der Waals surface area contributed by atoms with E-state index in [2.05, 4.69) is 15.3 Å². The Balaban J connectivity index is 2.12. The average Bonchev–Trinajstić information content (AvgIpc) is 2.59. The van der Waals surface area contributed by atoms with Crippen molar-refractivity contribution < 1.29 is 19.1 Å². The van der Waals surface area contributed by atoms with Crippen LogP contribution in [0.15, 0.2) is 35.4 Å². The molecule has 0 heterocycles. The maximum atomic E-state index is 11.8. The molecule has 0 aromatic heterocycles. The number of azide groups is 1. The summed E-state index contributed by atoms with van der Waals surface area (Å²) in [6.07, 6.45) is 0.390. The second-order valence-electron chi connectivity index (χ2n) is 4.80. The zero-order valence-corrected chi connectivity index (χ0v) is 13.3. The lowest BCUT2D eigenvalue weighted by Gasteiger charge is -2.12. The maximum Gasteiger partial charge on any atom is 0.325 e. The fourth-order valence-corrected chi connectivity index (χ4v) is 1.77. The lowest BCUT2D eigenvalue weighted by atomic mass is 10.1. The van der Waals surface area contributed by atoms with Crippen molar-refractivity contribution in [3.8, 4) is 0 Å². The highest BCUT2D eigenvalue weighted by Crippen LogP contribution is 2.01. The van der Waals surface area contributed by atoms with E-state index in [1.807, 2.05) is 30.3 Å². The van der Waals surface area contributed by atoms with Crippen molar-refractivity contribution in [3.63, 3.8) is 0 Å². The van der Waals surface area contributed by atoms with E-state index < -0.39 is 17.9 Å². The summed E-state index contributed by atoms with van der Waals surface area (Å²) in [5.41, 5.74) is 14.8. The van der Waals surface area contributed by atoms with Gasteiger partial charge in [-0.3, -0.25) is 9.59 Å². The summed E-state index contributed by atoms with van der Waals surface area (Å²) in [6.45, 7) is 0.474. The van der Waals surface area contributed by atoms with Crippen LogP contribution in [0.25, 0.3) is 10.4 Å².